The topological polar surface area (TPSA) is 89.1 Å². The minimum Gasteiger partial charge on any atom is -0.354 e. The van der Waals surface area contributed by atoms with Crippen LogP contribution in [0.25, 0.3) is 0 Å². The van der Waals surface area contributed by atoms with Crippen molar-refractivity contribution in [1.82, 2.24) is 25.2 Å². The van der Waals surface area contributed by atoms with Crippen LogP contribution in [-0.2, 0) is 17.9 Å². The second-order valence-corrected chi connectivity index (χ2v) is 4.86. The first-order chi connectivity index (χ1) is 9.28. The molecule has 0 aromatic carbocycles. The van der Waals surface area contributed by atoms with Crippen molar-refractivity contribution in [2.45, 2.75) is 32.4 Å². The first kappa shape index (κ1) is 14.0. The van der Waals surface area contributed by atoms with Gasteiger partial charge in [-0.3, -0.25) is 4.79 Å². The summed E-state index contributed by atoms with van der Waals surface area (Å²) in [7, 11) is 0. The molecule has 2 heterocycles. The van der Waals surface area contributed by atoms with Crippen LogP contribution >= 0.6 is 0 Å². The second-order valence-electron chi connectivity index (χ2n) is 4.86. The molecule has 0 atom stereocenters. The molecule has 1 fully saturated rings. The maximum atomic E-state index is 11.7. The highest BCUT2D eigenvalue weighted by atomic mass is 16.2. The number of carbonyl (C=O) groups is 1. The fraction of sp³-hybridized carbons (Fsp3) is 0.750. The lowest BCUT2D eigenvalue weighted by atomic mass is 10.4. The van der Waals surface area contributed by atoms with E-state index in [-0.39, 0.29) is 12.5 Å². The smallest absolute Gasteiger partial charge is 0.241 e. The molecule has 0 radical (unpaired) electrons. The third-order valence-corrected chi connectivity index (χ3v) is 3.27. The molecule has 1 amide bonds. The molecule has 1 aliphatic heterocycles. The Morgan fingerprint density at radius 3 is 2.89 bits per heavy atom. The average Bonchev–Trinajstić information content (AvgIpc) is 3.05. The summed E-state index contributed by atoms with van der Waals surface area (Å²) in [5.41, 5.74) is 6.13. The van der Waals surface area contributed by atoms with Crippen LogP contribution in [0.3, 0.4) is 0 Å². The summed E-state index contributed by atoms with van der Waals surface area (Å²) in [6.45, 7) is 4.74. The Kier molecular flexibility index (Phi) is 5.29. The van der Waals surface area contributed by atoms with Gasteiger partial charge in [-0.2, -0.15) is 0 Å². The van der Waals surface area contributed by atoms with Gasteiger partial charge >= 0.3 is 0 Å². The summed E-state index contributed by atoms with van der Waals surface area (Å²) in [5.74, 6) is -0.0325. The van der Waals surface area contributed by atoms with Crippen LogP contribution in [0.1, 0.15) is 25.0 Å². The first-order valence-corrected chi connectivity index (χ1v) is 6.86. The Morgan fingerprint density at radius 2 is 2.21 bits per heavy atom. The van der Waals surface area contributed by atoms with E-state index in [0.717, 1.165) is 13.0 Å². The maximum Gasteiger partial charge on any atom is 0.241 e. The van der Waals surface area contributed by atoms with Crippen LogP contribution in [0.5, 0.6) is 0 Å². The lowest BCUT2D eigenvalue weighted by Gasteiger charge is -2.14. The van der Waals surface area contributed by atoms with E-state index in [1.165, 1.54) is 30.6 Å². The van der Waals surface area contributed by atoms with E-state index in [9.17, 15) is 4.79 Å². The van der Waals surface area contributed by atoms with E-state index in [4.69, 9.17) is 5.73 Å². The molecule has 19 heavy (non-hydrogen) atoms. The summed E-state index contributed by atoms with van der Waals surface area (Å²) in [6, 6.07) is 0. The van der Waals surface area contributed by atoms with Crippen molar-refractivity contribution >= 4 is 5.91 Å². The Bertz CT molecular complexity index is 399. The van der Waals surface area contributed by atoms with Gasteiger partial charge in [0, 0.05) is 13.1 Å². The molecular weight excluding hydrogens is 244 g/mol. The Labute approximate surface area is 113 Å². The Morgan fingerprint density at radius 1 is 1.42 bits per heavy atom. The predicted molar refractivity (Wildman–Crippen MR) is 71.2 cm³/mol. The highest BCUT2D eigenvalue weighted by Crippen LogP contribution is 2.06. The van der Waals surface area contributed by atoms with Gasteiger partial charge in [0.05, 0.1) is 11.9 Å². The van der Waals surface area contributed by atoms with Crippen LogP contribution in [0.2, 0.25) is 0 Å². The number of hydrogen-bond donors (Lipinski definition) is 2. The number of amides is 1. The fourth-order valence-electron chi connectivity index (χ4n) is 2.25. The van der Waals surface area contributed by atoms with Crippen molar-refractivity contribution in [3.63, 3.8) is 0 Å². The number of nitrogens with zero attached hydrogens (tertiary/aromatic N) is 4. The second kappa shape index (κ2) is 7.20. The van der Waals surface area contributed by atoms with E-state index < -0.39 is 0 Å². The summed E-state index contributed by atoms with van der Waals surface area (Å²) >= 11 is 0. The zero-order valence-corrected chi connectivity index (χ0v) is 11.2. The molecule has 1 aromatic rings. The van der Waals surface area contributed by atoms with Crippen LogP contribution in [-0.4, -0.2) is 52.0 Å². The summed E-state index contributed by atoms with van der Waals surface area (Å²) in [4.78, 5) is 14.1. The Balaban J connectivity index is 1.58. The molecule has 1 saturated heterocycles. The minimum atomic E-state index is -0.0325. The quantitative estimate of drug-likeness (QED) is 0.640. The fourth-order valence-corrected chi connectivity index (χ4v) is 2.25. The highest BCUT2D eigenvalue weighted by molar-refractivity contribution is 5.75. The van der Waals surface area contributed by atoms with Gasteiger partial charge in [0.15, 0.2) is 0 Å². The van der Waals surface area contributed by atoms with Gasteiger partial charge in [-0.25, -0.2) is 4.68 Å². The molecule has 3 N–H and O–H groups in total. The number of hydrogen-bond acceptors (Lipinski definition) is 5. The standard InChI is InChI=1S/C12H22N6O/c13-8-11-9-18(16-15-11)10-12(19)14-4-3-7-17-5-1-2-6-17/h9H,1-8,10,13H2,(H,14,19). The largest absolute Gasteiger partial charge is 0.354 e. The van der Waals surface area contributed by atoms with Crippen molar-refractivity contribution in [3.8, 4) is 0 Å². The van der Waals surface area contributed by atoms with Gasteiger partial charge in [-0.05, 0) is 38.9 Å². The van der Waals surface area contributed by atoms with Gasteiger partial charge in [0.25, 0.3) is 0 Å². The molecule has 2 rings (SSSR count). The molecule has 0 saturated carbocycles. The summed E-state index contributed by atoms with van der Waals surface area (Å²) < 4.78 is 1.51. The molecule has 1 aromatic heterocycles. The van der Waals surface area contributed by atoms with E-state index in [1.807, 2.05) is 0 Å². The number of likely N-dealkylation sites (tertiary alicyclic amines) is 1. The molecule has 0 spiro atoms. The summed E-state index contributed by atoms with van der Waals surface area (Å²) in [5, 5.41) is 10.6. The number of carbonyl (C=O) groups excluding carboxylic acids is 1. The number of aromatic nitrogens is 3. The SMILES string of the molecule is NCc1cn(CC(=O)NCCCN2CCCC2)nn1. The van der Waals surface area contributed by atoms with Crippen molar-refractivity contribution < 1.29 is 4.79 Å². The van der Waals surface area contributed by atoms with Gasteiger partial charge in [-0.1, -0.05) is 5.21 Å². The number of nitrogens with one attached hydrogen (secondary N) is 1. The number of nitrogens with two attached hydrogens (primary N) is 1. The minimum absolute atomic E-state index is 0.0325. The van der Waals surface area contributed by atoms with E-state index >= 15 is 0 Å². The van der Waals surface area contributed by atoms with Crippen LogP contribution in [0.4, 0.5) is 0 Å². The highest BCUT2D eigenvalue weighted by Gasteiger charge is 2.10. The third kappa shape index (κ3) is 4.60. The van der Waals surface area contributed by atoms with Crippen molar-refractivity contribution in [3.05, 3.63) is 11.9 Å². The van der Waals surface area contributed by atoms with Crippen LogP contribution in [0.15, 0.2) is 6.20 Å². The Hall–Kier alpha value is -1.47. The van der Waals surface area contributed by atoms with E-state index in [1.54, 1.807) is 6.20 Å². The van der Waals surface area contributed by atoms with Gasteiger partial charge in [-0.15, -0.1) is 5.10 Å². The van der Waals surface area contributed by atoms with E-state index in [2.05, 4.69) is 20.5 Å². The lowest BCUT2D eigenvalue weighted by molar-refractivity contribution is -0.121. The molecule has 106 valence electrons. The first-order valence-electron chi connectivity index (χ1n) is 6.86. The van der Waals surface area contributed by atoms with Gasteiger partial charge < -0.3 is 16.0 Å². The van der Waals surface area contributed by atoms with Crippen LogP contribution in [0, 0.1) is 0 Å². The maximum absolute atomic E-state index is 11.7. The zero-order chi connectivity index (χ0) is 13.5. The van der Waals surface area contributed by atoms with E-state index in [0.29, 0.717) is 18.8 Å². The molecule has 1 aliphatic rings. The third-order valence-electron chi connectivity index (χ3n) is 3.27. The monoisotopic (exact) mass is 266 g/mol. The normalized spacial score (nSPS) is 15.8. The molecule has 0 aliphatic carbocycles. The predicted octanol–water partition coefficient (Wildman–Crippen LogP) is -0.661. The molecular formula is C12H22N6O. The summed E-state index contributed by atoms with van der Waals surface area (Å²) in [6.07, 6.45) is 5.31. The molecule has 0 bridgehead atoms. The number of rotatable bonds is 7. The van der Waals surface area contributed by atoms with Crippen LogP contribution < -0.4 is 11.1 Å². The zero-order valence-electron chi connectivity index (χ0n) is 11.2. The van der Waals surface area contributed by atoms with Crippen molar-refractivity contribution in [2.24, 2.45) is 5.73 Å². The molecule has 7 heteroatoms. The lowest BCUT2D eigenvalue weighted by Crippen LogP contribution is -2.31. The molecule has 0 unspecified atom stereocenters. The van der Waals surface area contributed by atoms with Crippen molar-refractivity contribution in [2.75, 3.05) is 26.2 Å². The average molecular weight is 266 g/mol. The van der Waals surface area contributed by atoms with Crippen molar-refractivity contribution in [1.29, 1.82) is 0 Å². The van der Waals surface area contributed by atoms with Gasteiger partial charge in [0.2, 0.25) is 5.91 Å². The molecule has 7 nitrogen and oxygen atoms in total. The van der Waals surface area contributed by atoms with Gasteiger partial charge in [0.1, 0.15) is 6.54 Å².